The fraction of sp³-hybridized carbons (Fsp3) is 0.567. The third kappa shape index (κ3) is 6.92. The number of likely N-dealkylation sites (tertiary alicyclic amines) is 2. The summed E-state index contributed by atoms with van der Waals surface area (Å²) in [7, 11) is 0. The van der Waals surface area contributed by atoms with E-state index < -0.39 is 29.4 Å². The normalized spacial score (nSPS) is 20.8. The van der Waals surface area contributed by atoms with Crippen molar-refractivity contribution in [1.29, 1.82) is 0 Å². The molecule has 0 bridgehead atoms. The van der Waals surface area contributed by atoms with Gasteiger partial charge in [-0.2, -0.15) is 0 Å². The number of hydrogen-bond acceptors (Lipinski definition) is 6. The zero-order valence-corrected chi connectivity index (χ0v) is 24.1. The van der Waals surface area contributed by atoms with Gasteiger partial charge in [0.2, 0.25) is 5.88 Å². The quantitative estimate of drug-likeness (QED) is 0.384. The monoisotopic (exact) mass is 591 g/mol. The van der Waals surface area contributed by atoms with E-state index in [1.165, 1.54) is 11.0 Å². The summed E-state index contributed by atoms with van der Waals surface area (Å²) in [6.07, 6.45) is 4.84. The predicted octanol–water partition coefficient (Wildman–Crippen LogP) is 5.61. The topological polar surface area (TPSA) is 92.2 Å². The number of halogens is 3. The molecule has 41 heavy (non-hydrogen) atoms. The number of carbonyl (C=O) groups excluding carboxylic acids is 1. The zero-order valence-electron chi connectivity index (χ0n) is 23.4. The van der Waals surface area contributed by atoms with Crippen LogP contribution >= 0.6 is 11.6 Å². The van der Waals surface area contributed by atoms with Crippen LogP contribution in [0.15, 0.2) is 24.4 Å². The number of carbonyl (C=O) groups is 2. The number of hydrogen-bond donors (Lipinski definition) is 1. The molecule has 3 aliphatic rings. The number of aromatic nitrogens is 1. The summed E-state index contributed by atoms with van der Waals surface area (Å²) in [6.45, 7) is 5.47. The molecule has 8 nitrogen and oxygen atoms in total. The maximum atomic E-state index is 15.8. The molecule has 2 aliphatic heterocycles. The summed E-state index contributed by atoms with van der Waals surface area (Å²) in [5, 5.41) is 9.88. The second-order valence-electron chi connectivity index (χ2n) is 11.7. The van der Waals surface area contributed by atoms with Crippen LogP contribution in [-0.2, 0) is 11.3 Å². The fourth-order valence-corrected chi connectivity index (χ4v) is 5.81. The van der Waals surface area contributed by atoms with Gasteiger partial charge in [0.05, 0.1) is 11.7 Å². The Labute approximate surface area is 243 Å². The molecule has 0 unspecified atom stereocenters. The van der Waals surface area contributed by atoms with Gasteiger partial charge >= 0.3 is 5.97 Å². The number of nitrogens with zero attached hydrogens (tertiary/aromatic N) is 3. The van der Waals surface area contributed by atoms with Gasteiger partial charge in [0.15, 0.2) is 0 Å². The summed E-state index contributed by atoms with van der Waals surface area (Å²) in [5.41, 5.74) is -0.140. The van der Waals surface area contributed by atoms with Crippen molar-refractivity contribution < 1.29 is 33.0 Å². The second-order valence-corrected chi connectivity index (χ2v) is 12.1. The van der Waals surface area contributed by atoms with Crippen LogP contribution in [-0.4, -0.2) is 75.8 Å². The van der Waals surface area contributed by atoms with Crippen LogP contribution in [0.2, 0.25) is 5.02 Å². The van der Waals surface area contributed by atoms with E-state index in [2.05, 4.69) is 9.88 Å². The number of carboxylic acid groups (broad SMARTS) is 1. The Balaban J connectivity index is 1.20. The lowest BCUT2D eigenvalue weighted by molar-refractivity contribution is -0.141. The Bertz CT molecular complexity index is 1300. The number of carboxylic acids is 1. The minimum atomic E-state index is -1.57. The first-order chi connectivity index (χ1) is 19.5. The van der Waals surface area contributed by atoms with E-state index in [1.807, 2.05) is 19.9 Å². The molecule has 0 spiro atoms. The molecule has 11 heteroatoms. The van der Waals surface area contributed by atoms with Crippen LogP contribution in [0.5, 0.6) is 11.6 Å². The number of alkyl halides is 1. The van der Waals surface area contributed by atoms with E-state index in [4.69, 9.17) is 21.1 Å². The number of aliphatic carboxylic acids is 1. The molecule has 5 rings (SSSR count). The average Bonchev–Trinajstić information content (AvgIpc) is 3.64. The number of amides is 1. The van der Waals surface area contributed by atoms with Crippen molar-refractivity contribution in [1.82, 2.24) is 14.8 Å². The number of benzene rings is 1. The SMILES string of the molecule is CC(C)Oc1ncc(CN2CCC(F)(COc3cc(F)c(C(=O)N4CCC[C@H]4C(=O)O)cc3C3CC3)CC2)cc1Cl. The van der Waals surface area contributed by atoms with Gasteiger partial charge in [-0.3, -0.25) is 9.69 Å². The summed E-state index contributed by atoms with van der Waals surface area (Å²) in [5.74, 6) is -1.75. The van der Waals surface area contributed by atoms with Gasteiger partial charge < -0.3 is 19.5 Å². The number of pyridine rings is 1. The van der Waals surface area contributed by atoms with Gasteiger partial charge in [-0.1, -0.05) is 11.6 Å². The van der Waals surface area contributed by atoms with Crippen molar-refractivity contribution in [2.24, 2.45) is 0 Å². The van der Waals surface area contributed by atoms with Crippen LogP contribution in [0, 0.1) is 5.82 Å². The lowest BCUT2D eigenvalue weighted by Gasteiger charge is -2.36. The smallest absolute Gasteiger partial charge is 0.326 e. The van der Waals surface area contributed by atoms with Gasteiger partial charge in [0.25, 0.3) is 5.91 Å². The maximum absolute atomic E-state index is 15.8. The molecular weight excluding hydrogens is 556 g/mol. The summed E-state index contributed by atoms with van der Waals surface area (Å²) in [4.78, 5) is 32.3. The van der Waals surface area contributed by atoms with Gasteiger partial charge in [-0.05, 0) is 81.5 Å². The van der Waals surface area contributed by atoms with Gasteiger partial charge in [-0.15, -0.1) is 0 Å². The summed E-state index contributed by atoms with van der Waals surface area (Å²) < 4.78 is 42.4. The lowest BCUT2D eigenvalue weighted by Crippen LogP contribution is -2.44. The van der Waals surface area contributed by atoms with Crippen molar-refractivity contribution in [3.05, 3.63) is 51.9 Å². The van der Waals surface area contributed by atoms with Gasteiger partial charge in [-0.25, -0.2) is 18.6 Å². The predicted molar refractivity (Wildman–Crippen MR) is 149 cm³/mol. The Hall–Kier alpha value is -2.98. The molecule has 3 fully saturated rings. The molecule has 1 N–H and O–H groups in total. The first kappa shape index (κ1) is 29.5. The first-order valence-electron chi connectivity index (χ1n) is 14.3. The molecule has 2 saturated heterocycles. The summed E-state index contributed by atoms with van der Waals surface area (Å²) in [6, 6.07) is 3.51. The molecule has 3 heterocycles. The standard InChI is InChI=1S/C30H36ClF2N3O5/c1-18(2)41-27-23(31)12-19(15-34-27)16-35-10-7-30(33,8-11-35)17-40-26-14-24(32)22(13-21(26)20-5-6-20)28(37)36-9-3-4-25(36)29(38)39/h12-15,18,20,25H,3-11,16-17H2,1-2H3,(H,38,39)/t25-/m0/s1. The van der Waals surface area contributed by atoms with Crippen LogP contribution < -0.4 is 9.47 Å². The molecule has 222 valence electrons. The Morgan fingerprint density at radius 3 is 2.54 bits per heavy atom. The number of ether oxygens (including phenoxy) is 2. The first-order valence-corrected chi connectivity index (χ1v) is 14.6. The van der Waals surface area contributed by atoms with E-state index in [0.29, 0.717) is 48.9 Å². The van der Waals surface area contributed by atoms with Gasteiger partial charge in [0.1, 0.15) is 34.9 Å². The minimum Gasteiger partial charge on any atom is -0.490 e. The third-order valence-electron chi connectivity index (χ3n) is 8.00. The second kappa shape index (κ2) is 12.1. The van der Waals surface area contributed by atoms with Crippen LogP contribution in [0.25, 0.3) is 0 Å². The summed E-state index contributed by atoms with van der Waals surface area (Å²) >= 11 is 6.31. The highest BCUT2D eigenvalue weighted by Crippen LogP contribution is 2.46. The maximum Gasteiger partial charge on any atom is 0.326 e. The highest BCUT2D eigenvalue weighted by molar-refractivity contribution is 6.31. The molecule has 1 saturated carbocycles. The van der Waals surface area contributed by atoms with E-state index in [0.717, 1.165) is 24.5 Å². The van der Waals surface area contributed by atoms with E-state index >= 15 is 8.78 Å². The Kier molecular flexibility index (Phi) is 8.70. The van der Waals surface area contributed by atoms with Crippen molar-refractivity contribution >= 4 is 23.5 Å². The minimum absolute atomic E-state index is 0.0355. The molecule has 1 amide bonds. The fourth-order valence-electron chi connectivity index (χ4n) is 5.58. The zero-order chi connectivity index (χ0) is 29.3. The molecule has 1 aromatic heterocycles. The highest BCUT2D eigenvalue weighted by Gasteiger charge is 2.39. The van der Waals surface area contributed by atoms with E-state index in [-0.39, 0.29) is 49.3 Å². The molecule has 0 radical (unpaired) electrons. The average molecular weight is 592 g/mol. The van der Waals surface area contributed by atoms with Crippen LogP contribution in [0.3, 0.4) is 0 Å². The largest absolute Gasteiger partial charge is 0.490 e. The third-order valence-corrected chi connectivity index (χ3v) is 8.27. The Morgan fingerprint density at radius 2 is 1.90 bits per heavy atom. The number of rotatable bonds is 10. The molecule has 1 aliphatic carbocycles. The van der Waals surface area contributed by atoms with Crippen molar-refractivity contribution in [2.75, 3.05) is 26.2 Å². The van der Waals surface area contributed by atoms with Crippen LogP contribution in [0.4, 0.5) is 8.78 Å². The van der Waals surface area contributed by atoms with Crippen molar-refractivity contribution in [3.8, 4) is 11.6 Å². The van der Waals surface area contributed by atoms with Crippen LogP contribution in [0.1, 0.15) is 79.8 Å². The van der Waals surface area contributed by atoms with Crippen molar-refractivity contribution in [3.63, 3.8) is 0 Å². The molecule has 1 aromatic carbocycles. The van der Waals surface area contributed by atoms with E-state index in [1.54, 1.807) is 6.20 Å². The van der Waals surface area contributed by atoms with Gasteiger partial charge in [0, 0.05) is 38.4 Å². The molecule has 2 aromatic rings. The van der Waals surface area contributed by atoms with Crippen molar-refractivity contribution in [2.45, 2.75) is 82.6 Å². The number of piperidine rings is 1. The molecular formula is C30H36ClF2N3O5. The van der Waals surface area contributed by atoms with E-state index in [9.17, 15) is 14.7 Å². The lowest BCUT2D eigenvalue weighted by atomic mass is 9.94. The highest BCUT2D eigenvalue weighted by atomic mass is 35.5. The Morgan fingerprint density at radius 1 is 1.17 bits per heavy atom. The molecule has 1 atom stereocenters.